The predicted octanol–water partition coefficient (Wildman–Crippen LogP) is 1.68. The van der Waals surface area contributed by atoms with Gasteiger partial charge < -0.3 is 0 Å². The lowest BCUT2D eigenvalue weighted by Crippen LogP contribution is -1.98. The van der Waals surface area contributed by atoms with Crippen LogP contribution in [0.25, 0.3) is 0 Å². The van der Waals surface area contributed by atoms with Crippen molar-refractivity contribution in [1.82, 2.24) is 9.97 Å². The summed E-state index contributed by atoms with van der Waals surface area (Å²) in [5.41, 5.74) is 0. The first-order chi connectivity index (χ1) is 4.79. The molecule has 0 saturated heterocycles. The van der Waals surface area contributed by atoms with Gasteiger partial charge in [0.15, 0.2) is 0 Å². The normalized spacial score (nSPS) is 10.3. The summed E-state index contributed by atoms with van der Waals surface area (Å²) in [7, 11) is 0. The Hall–Kier alpha value is -0.920. The molecule has 1 heterocycles. The molecule has 2 nitrogen and oxygen atoms in total. The summed E-state index contributed by atoms with van der Waals surface area (Å²) in [5, 5.41) is 0. The Morgan fingerprint density at radius 1 is 1.30 bits per heavy atom. The Balaban J connectivity index is 2.59. The molecule has 2 heteroatoms. The van der Waals surface area contributed by atoms with Crippen LogP contribution in [-0.2, 0) is 6.42 Å². The monoisotopic (exact) mass is 136 g/mol. The van der Waals surface area contributed by atoms with E-state index < -0.39 is 0 Å². The molecule has 0 aliphatic carbocycles. The van der Waals surface area contributed by atoms with E-state index in [1.54, 1.807) is 12.4 Å². The Kier molecular flexibility index (Phi) is 2.37. The summed E-state index contributed by atoms with van der Waals surface area (Å²) in [6.07, 6.45) is 4.54. The Morgan fingerprint density at radius 3 is 2.40 bits per heavy atom. The van der Waals surface area contributed by atoms with Crippen molar-refractivity contribution < 1.29 is 0 Å². The summed E-state index contributed by atoms with van der Waals surface area (Å²) in [6.45, 7) is 4.33. The van der Waals surface area contributed by atoms with E-state index in [0.717, 1.165) is 12.2 Å². The highest BCUT2D eigenvalue weighted by molar-refractivity contribution is 4.88. The first-order valence-electron chi connectivity index (χ1n) is 3.55. The molecule has 10 heavy (non-hydrogen) atoms. The first kappa shape index (κ1) is 7.19. The van der Waals surface area contributed by atoms with Gasteiger partial charge in [0.2, 0.25) is 0 Å². The molecule has 0 spiro atoms. The van der Waals surface area contributed by atoms with Crippen molar-refractivity contribution in [3.8, 4) is 0 Å². The lowest BCUT2D eigenvalue weighted by Gasteiger charge is -2.00. The average Bonchev–Trinajstić information content (AvgIpc) is 1.88. The fraction of sp³-hybridized carbons (Fsp3) is 0.500. The van der Waals surface area contributed by atoms with Crippen LogP contribution in [0.3, 0.4) is 0 Å². The van der Waals surface area contributed by atoms with E-state index in [2.05, 4.69) is 23.8 Å². The molecule has 0 radical (unpaired) electrons. The molecule has 0 atom stereocenters. The maximum absolute atomic E-state index is 4.11. The standard InChI is InChI=1S/C8H12N2/c1-7(2)6-8-9-4-3-5-10-8/h3-5,7H,6H2,1-2H3. The summed E-state index contributed by atoms with van der Waals surface area (Å²) in [6, 6.07) is 1.84. The summed E-state index contributed by atoms with van der Waals surface area (Å²) in [5.74, 6) is 1.58. The fourth-order valence-corrected chi connectivity index (χ4v) is 0.801. The smallest absolute Gasteiger partial charge is 0.128 e. The van der Waals surface area contributed by atoms with Crippen LogP contribution in [0.15, 0.2) is 18.5 Å². The van der Waals surface area contributed by atoms with Gasteiger partial charge in [0.05, 0.1) is 0 Å². The molecule has 0 aliphatic rings. The zero-order valence-electron chi connectivity index (χ0n) is 6.41. The van der Waals surface area contributed by atoms with Crippen molar-refractivity contribution in [3.05, 3.63) is 24.3 Å². The van der Waals surface area contributed by atoms with Crippen LogP contribution in [0.2, 0.25) is 0 Å². The summed E-state index contributed by atoms with van der Waals surface area (Å²) >= 11 is 0. The Bertz CT molecular complexity index is 182. The van der Waals surface area contributed by atoms with Gasteiger partial charge in [-0.1, -0.05) is 13.8 Å². The highest BCUT2D eigenvalue weighted by Crippen LogP contribution is 1.99. The number of hydrogen-bond donors (Lipinski definition) is 0. The van der Waals surface area contributed by atoms with Crippen molar-refractivity contribution >= 4 is 0 Å². The molecule has 0 bridgehead atoms. The quantitative estimate of drug-likeness (QED) is 0.618. The molecule has 1 rings (SSSR count). The van der Waals surface area contributed by atoms with Crippen LogP contribution in [-0.4, -0.2) is 9.97 Å². The van der Waals surface area contributed by atoms with E-state index in [1.807, 2.05) is 6.07 Å². The molecular formula is C8H12N2. The van der Waals surface area contributed by atoms with Gasteiger partial charge in [-0.25, -0.2) is 9.97 Å². The van der Waals surface area contributed by atoms with Crippen LogP contribution in [0.4, 0.5) is 0 Å². The Labute approximate surface area is 61.3 Å². The second-order valence-electron chi connectivity index (χ2n) is 2.76. The van der Waals surface area contributed by atoms with Crippen molar-refractivity contribution in [3.63, 3.8) is 0 Å². The lowest BCUT2D eigenvalue weighted by molar-refractivity contribution is 0.620. The van der Waals surface area contributed by atoms with Gasteiger partial charge in [-0.3, -0.25) is 0 Å². The van der Waals surface area contributed by atoms with Gasteiger partial charge in [0.25, 0.3) is 0 Å². The molecule has 0 N–H and O–H groups in total. The van der Waals surface area contributed by atoms with Gasteiger partial charge in [-0.05, 0) is 12.0 Å². The van der Waals surface area contributed by atoms with Gasteiger partial charge >= 0.3 is 0 Å². The lowest BCUT2D eigenvalue weighted by atomic mass is 10.1. The zero-order valence-corrected chi connectivity index (χ0v) is 6.41. The summed E-state index contributed by atoms with van der Waals surface area (Å²) in [4.78, 5) is 8.22. The Morgan fingerprint density at radius 2 is 1.90 bits per heavy atom. The SMILES string of the molecule is CC(C)Cc1ncccn1. The number of rotatable bonds is 2. The third-order valence-corrected chi connectivity index (χ3v) is 1.21. The van der Waals surface area contributed by atoms with Gasteiger partial charge in [0.1, 0.15) is 5.82 Å². The third kappa shape index (κ3) is 2.13. The van der Waals surface area contributed by atoms with E-state index in [0.29, 0.717) is 5.92 Å². The number of aromatic nitrogens is 2. The largest absolute Gasteiger partial charge is 0.241 e. The third-order valence-electron chi connectivity index (χ3n) is 1.21. The van der Waals surface area contributed by atoms with Crippen molar-refractivity contribution in [2.24, 2.45) is 5.92 Å². The van der Waals surface area contributed by atoms with Crippen molar-refractivity contribution in [2.75, 3.05) is 0 Å². The van der Waals surface area contributed by atoms with E-state index in [4.69, 9.17) is 0 Å². The van der Waals surface area contributed by atoms with E-state index in [9.17, 15) is 0 Å². The number of hydrogen-bond acceptors (Lipinski definition) is 2. The van der Waals surface area contributed by atoms with Crippen molar-refractivity contribution in [1.29, 1.82) is 0 Å². The molecular weight excluding hydrogens is 124 g/mol. The maximum Gasteiger partial charge on any atom is 0.128 e. The fourth-order valence-electron chi connectivity index (χ4n) is 0.801. The van der Waals surface area contributed by atoms with Crippen LogP contribution < -0.4 is 0 Å². The first-order valence-corrected chi connectivity index (χ1v) is 3.55. The van der Waals surface area contributed by atoms with Crippen molar-refractivity contribution in [2.45, 2.75) is 20.3 Å². The second-order valence-corrected chi connectivity index (χ2v) is 2.76. The predicted molar refractivity (Wildman–Crippen MR) is 40.6 cm³/mol. The minimum atomic E-state index is 0.641. The highest BCUT2D eigenvalue weighted by atomic mass is 14.8. The second kappa shape index (κ2) is 3.30. The molecule has 1 aromatic heterocycles. The average molecular weight is 136 g/mol. The molecule has 0 unspecified atom stereocenters. The molecule has 0 aliphatic heterocycles. The minimum Gasteiger partial charge on any atom is -0.241 e. The highest BCUT2D eigenvalue weighted by Gasteiger charge is 1.97. The maximum atomic E-state index is 4.11. The number of nitrogens with zero attached hydrogens (tertiary/aromatic N) is 2. The molecule has 0 amide bonds. The topological polar surface area (TPSA) is 25.8 Å². The summed E-state index contributed by atoms with van der Waals surface area (Å²) < 4.78 is 0. The molecule has 0 fully saturated rings. The van der Waals surface area contributed by atoms with Crippen LogP contribution >= 0.6 is 0 Å². The van der Waals surface area contributed by atoms with E-state index in [1.165, 1.54) is 0 Å². The molecule has 0 aromatic carbocycles. The molecule has 1 aromatic rings. The van der Waals surface area contributed by atoms with E-state index in [-0.39, 0.29) is 0 Å². The van der Waals surface area contributed by atoms with Gasteiger partial charge in [-0.2, -0.15) is 0 Å². The van der Waals surface area contributed by atoms with Crippen LogP contribution in [0.1, 0.15) is 19.7 Å². The molecule has 54 valence electrons. The van der Waals surface area contributed by atoms with Crippen LogP contribution in [0.5, 0.6) is 0 Å². The molecule has 0 saturated carbocycles. The minimum absolute atomic E-state index is 0.641. The van der Waals surface area contributed by atoms with Gasteiger partial charge in [-0.15, -0.1) is 0 Å². The van der Waals surface area contributed by atoms with Gasteiger partial charge in [0, 0.05) is 18.8 Å². The van der Waals surface area contributed by atoms with E-state index >= 15 is 0 Å². The van der Waals surface area contributed by atoms with Crippen LogP contribution in [0, 0.1) is 5.92 Å². The zero-order chi connectivity index (χ0) is 7.40.